The Bertz CT molecular complexity index is 697. The smallest absolute Gasteiger partial charge is 0.261 e. The van der Waals surface area contributed by atoms with E-state index in [1.807, 2.05) is 37.3 Å². The van der Waals surface area contributed by atoms with E-state index in [0.29, 0.717) is 6.54 Å². The quantitative estimate of drug-likeness (QED) is 0.797. The normalized spacial score (nSPS) is 10.8. The Labute approximate surface area is 114 Å². The van der Waals surface area contributed by atoms with E-state index in [2.05, 4.69) is 10.5 Å². The van der Waals surface area contributed by atoms with Crippen LogP contribution in [0.2, 0.25) is 0 Å². The maximum Gasteiger partial charge on any atom is 0.261 e. The summed E-state index contributed by atoms with van der Waals surface area (Å²) < 4.78 is 6.07. The van der Waals surface area contributed by atoms with Crippen LogP contribution in [0.5, 0.6) is 0 Å². The van der Waals surface area contributed by atoms with Gasteiger partial charge >= 0.3 is 0 Å². The number of amides is 1. The molecule has 0 atom stereocenters. The standard InChI is InChI=1S/C14H12N2O2S/c1-9-11(8-16-18-9)7-15-14(17)13-6-10-4-2-3-5-12(10)19-13/h2-6,8H,7H2,1H3,(H,15,17). The van der Waals surface area contributed by atoms with Crippen molar-refractivity contribution in [1.82, 2.24) is 10.5 Å². The van der Waals surface area contributed by atoms with Gasteiger partial charge in [-0.15, -0.1) is 11.3 Å². The number of nitrogens with zero attached hydrogens (tertiary/aromatic N) is 1. The highest BCUT2D eigenvalue weighted by molar-refractivity contribution is 7.20. The maximum absolute atomic E-state index is 12.1. The lowest BCUT2D eigenvalue weighted by Gasteiger charge is -2.00. The van der Waals surface area contributed by atoms with Crippen LogP contribution in [0.3, 0.4) is 0 Å². The fourth-order valence-corrected chi connectivity index (χ4v) is 2.82. The Morgan fingerprint density at radius 3 is 3.00 bits per heavy atom. The molecule has 2 heterocycles. The van der Waals surface area contributed by atoms with E-state index < -0.39 is 0 Å². The summed E-state index contributed by atoms with van der Waals surface area (Å²) in [4.78, 5) is 12.8. The highest BCUT2D eigenvalue weighted by atomic mass is 32.1. The summed E-state index contributed by atoms with van der Waals surface area (Å²) in [6.45, 7) is 2.26. The third-order valence-corrected chi connectivity index (χ3v) is 4.05. The molecular formula is C14H12N2O2S. The van der Waals surface area contributed by atoms with Crippen molar-refractivity contribution in [3.63, 3.8) is 0 Å². The van der Waals surface area contributed by atoms with Crippen LogP contribution in [-0.2, 0) is 6.54 Å². The average molecular weight is 272 g/mol. The van der Waals surface area contributed by atoms with Gasteiger partial charge in [-0.1, -0.05) is 23.4 Å². The SMILES string of the molecule is Cc1oncc1CNC(=O)c1cc2ccccc2s1. The first-order valence-electron chi connectivity index (χ1n) is 5.91. The van der Waals surface area contributed by atoms with E-state index in [0.717, 1.165) is 26.3 Å². The third kappa shape index (κ3) is 2.37. The van der Waals surface area contributed by atoms with Gasteiger partial charge in [-0.2, -0.15) is 0 Å². The molecule has 0 saturated carbocycles. The van der Waals surface area contributed by atoms with Gasteiger partial charge in [0.2, 0.25) is 0 Å². The summed E-state index contributed by atoms with van der Waals surface area (Å²) in [7, 11) is 0. The molecular weight excluding hydrogens is 260 g/mol. The molecule has 0 saturated heterocycles. The Morgan fingerprint density at radius 1 is 1.42 bits per heavy atom. The molecule has 0 aliphatic carbocycles. The number of thiophene rings is 1. The summed E-state index contributed by atoms with van der Waals surface area (Å²) in [6.07, 6.45) is 1.63. The van der Waals surface area contributed by atoms with Crippen molar-refractivity contribution >= 4 is 27.3 Å². The lowest BCUT2D eigenvalue weighted by atomic mass is 10.2. The number of benzene rings is 1. The second kappa shape index (κ2) is 4.85. The van der Waals surface area contributed by atoms with Gasteiger partial charge in [0, 0.05) is 16.8 Å². The van der Waals surface area contributed by atoms with Gasteiger partial charge in [0.25, 0.3) is 5.91 Å². The van der Waals surface area contributed by atoms with Gasteiger partial charge in [-0.25, -0.2) is 0 Å². The molecule has 0 aliphatic rings. The second-order valence-electron chi connectivity index (χ2n) is 4.24. The van der Waals surface area contributed by atoms with Crippen molar-refractivity contribution in [3.8, 4) is 0 Å². The fourth-order valence-electron chi connectivity index (χ4n) is 1.85. The zero-order valence-corrected chi connectivity index (χ0v) is 11.2. The molecule has 2 aromatic heterocycles. The van der Waals surface area contributed by atoms with Gasteiger partial charge in [-0.3, -0.25) is 4.79 Å². The van der Waals surface area contributed by atoms with E-state index in [-0.39, 0.29) is 5.91 Å². The molecule has 0 aliphatic heterocycles. The Balaban J connectivity index is 1.75. The van der Waals surface area contributed by atoms with Gasteiger partial charge in [-0.05, 0) is 24.4 Å². The van der Waals surface area contributed by atoms with Crippen LogP contribution in [0.25, 0.3) is 10.1 Å². The van der Waals surface area contributed by atoms with Crippen LogP contribution in [0, 0.1) is 6.92 Å². The van der Waals surface area contributed by atoms with Crippen molar-refractivity contribution in [2.24, 2.45) is 0 Å². The molecule has 1 N–H and O–H groups in total. The van der Waals surface area contributed by atoms with Crippen LogP contribution in [0.4, 0.5) is 0 Å². The van der Waals surface area contributed by atoms with Crippen LogP contribution >= 0.6 is 11.3 Å². The highest BCUT2D eigenvalue weighted by Crippen LogP contribution is 2.25. The predicted octanol–water partition coefficient (Wildman–Crippen LogP) is 3.13. The number of fused-ring (bicyclic) bond motifs is 1. The van der Waals surface area contributed by atoms with Crippen molar-refractivity contribution in [1.29, 1.82) is 0 Å². The molecule has 0 fully saturated rings. The van der Waals surface area contributed by atoms with Crippen LogP contribution < -0.4 is 5.32 Å². The van der Waals surface area contributed by atoms with E-state index in [9.17, 15) is 4.79 Å². The topological polar surface area (TPSA) is 55.1 Å². The average Bonchev–Trinajstić information content (AvgIpc) is 3.01. The lowest BCUT2D eigenvalue weighted by molar-refractivity contribution is 0.0955. The minimum absolute atomic E-state index is 0.0678. The summed E-state index contributed by atoms with van der Waals surface area (Å²) in [6, 6.07) is 9.88. The predicted molar refractivity (Wildman–Crippen MR) is 74.2 cm³/mol. The summed E-state index contributed by atoms with van der Waals surface area (Å²) in [5, 5.41) is 7.65. The monoisotopic (exact) mass is 272 g/mol. The number of hydrogen-bond donors (Lipinski definition) is 1. The Hall–Kier alpha value is -2.14. The van der Waals surface area contributed by atoms with Crippen molar-refractivity contribution in [3.05, 3.63) is 52.7 Å². The number of carbonyl (C=O) groups is 1. The minimum Gasteiger partial charge on any atom is -0.361 e. The molecule has 0 unspecified atom stereocenters. The van der Waals surface area contributed by atoms with Gasteiger partial charge < -0.3 is 9.84 Å². The largest absolute Gasteiger partial charge is 0.361 e. The van der Waals surface area contributed by atoms with Crippen LogP contribution in [0.15, 0.2) is 41.1 Å². The molecule has 96 valence electrons. The van der Waals surface area contributed by atoms with Crippen molar-refractivity contribution < 1.29 is 9.32 Å². The third-order valence-electron chi connectivity index (χ3n) is 2.94. The lowest BCUT2D eigenvalue weighted by Crippen LogP contribution is -2.21. The number of nitrogens with one attached hydrogen (secondary N) is 1. The molecule has 5 heteroatoms. The van der Waals surface area contributed by atoms with E-state index in [4.69, 9.17) is 4.52 Å². The molecule has 0 radical (unpaired) electrons. The molecule has 3 aromatic rings. The molecule has 0 bridgehead atoms. The van der Waals surface area contributed by atoms with Gasteiger partial charge in [0.15, 0.2) is 0 Å². The first kappa shape index (κ1) is 11.9. The first-order valence-corrected chi connectivity index (χ1v) is 6.72. The number of aromatic nitrogens is 1. The Morgan fingerprint density at radius 2 is 2.26 bits per heavy atom. The van der Waals surface area contributed by atoms with Crippen molar-refractivity contribution in [2.45, 2.75) is 13.5 Å². The molecule has 3 rings (SSSR count). The summed E-state index contributed by atoms with van der Waals surface area (Å²) in [5.41, 5.74) is 0.898. The molecule has 1 aromatic carbocycles. The minimum atomic E-state index is -0.0678. The van der Waals surface area contributed by atoms with E-state index in [1.165, 1.54) is 11.3 Å². The zero-order valence-electron chi connectivity index (χ0n) is 10.3. The highest BCUT2D eigenvalue weighted by Gasteiger charge is 2.11. The zero-order chi connectivity index (χ0) is 13.2. The van der Waals surface area contributed by atoms with Crippen LogP contribution in [0.1, 0.15) is 21.0 Å². The van der Waals surface area contributed by atoms with Crippen molar-refractivity contribution in [2.75, 3.05) is 0 Å². The fraction of sp³-hybridized carbons (Fsp3) is 0.143. The molecule has 1 amide bonds. The number of rotatable bonds is 3. The second-order valence-corrected chi connectivity index (χ2v) is 5.32. The number of carbonyl (C=O) groups excluding carboxylic acids is 1. The van der Waals surface area contributed by atoms with E-state index >= 15 is 0 Å². The molecule has 19 heavy (non-hydrogen) atoms. The number of aryl methyl sites for hydroxylation is 1. The summed E-state index contributed by atoms with van der Waals surface area (Å²) in [5.74, 6) is 0.665. The number of hydrogen-bond acceptors (Lipinski definition) is 4. The van der Waals surface area contributed by atoms with Gasteiger partial charge in [0.05, 0.1) is 11.1 Å². The maximum atomic E-state index is 12.1. The Kier molecular flexibility index (Phi) is 3.05. The van der Waals surface area contributed by atoms with E-state index in [1.54, 1.807) is 6.20 Å². The van der Waals surface area contributed by atoms with Crippen LogP contribution in [-0.4, -0.2) is 11.1 Å². The first-order chi connectivity index (χ1) is 9.24. The molecule has 4 nitrogen and oxygen atoms in total. The summed E-state index contributed by atoms with van der Waals surface area (Å²) >= 11 is 1.50. The molecule has 0 spiro atoms. The van der Waals surface area contributed by atoms with Gasteiger partial charge in [0.1, 0.15) is 5.76 Å².